The summed E-state index contributed by atoms with van der Waals surface area (Å²) in [6.07, 6.45) is 2.82. The van der Waals surface area contributed by atoms with Crippen molar-refractivity contribution in [2.75, 3.05) is 18.1 Å². The second-order valence-electron chi connectivity index (χ2n) is 5.42. The molecular formula is C16H13N5O6. The molecule has 27 heavy (non-hydrogen) atoms. The van der Waals surface area contributed by atoms with Crippen LogP contribution in [0.3, 0.4) is 0 Å². The molecular weight excluding hydrogens is 358 g/mol. The Morgan fingerprint density at radius 2 is 2.11 bits per heavy atom. The number of hydrogen-bond acceptors (Lipinski definition) is 7. The third kappa shape index (κ3) is 3.98. The van der Waals surface area contributed by atoms with Crippen molar-refractivity contribution in [2.24, 2.45) is 0 Å². The van der Waals surface area contributed by atoms with E-state index in [1.165, 1.54) is 30.6 Å². The van der Waals surface area contributed by atoms with Crippen molar-refractivity contribution in [3.05, 3.63) is 58.4 Å². The molecule has 1 aliphatic rings. The van der Waals surface area contributed by atoms with Gasteiger partial charge in [0, 0.05) is 24.5 Å². The number of nitrogens with one attached hydrogen (secondary N) is 2. The molecule has 1 aliphatic heterocycles. The van der Waals surface area contributed by atoms with Crippen LogP contribution in [0.5, 0.6) is 5.75 Å². The van der Waals surface area contributed by atoms with E-state index >= 15 is 0 Å². The van der Waals surface area contributed by atoms with Gasteiger partial charge in [-0.1, -0.05) is 0 Å². The Hall–Kier alpha value is -4.02. The van der Waals surface area contributed by atoms with Gasteiger partial charge in [-0.25, -0.2) is 0 Å². The molecule has 0 aliphatic carbocycles. The summed E-state index contributed by atoms with van der Waals surface area (Å²) in [6.45, 7) is -0.760. The number of benzene rings is 1. The number of nitro benzene ring substituents is 1. The summed E-state index contributed by atoms with van der Waals surface area (Å²) >= 11 is 0. The van der Waals surface area contributed by atoms with Crippen LogP contribution in [-0.2, 0) is 9.59 Å². The molecule has 0 bridgehead atoms. The highest BCUT2D eigenvalue weighted by molar-refractivity contribution is 6.03. The number of anilines is 1. The molecule has 138 valence electrons. The van der Waals surface area contributed by atoms with Crippen LogP contribution in [0.1, 0.15) is 10.4 Å². The minimum Gasteiger partial charge on any atom is -0.482 e. The van der Waals surface area contributed by atoms with Crippen LogP contribution in [0.25, 0.3) is 0 Å². The Kier molecular flexibility index (Phi) is 4.92. The molecule has 3 rings (SSSR count). The summed E-state index contributed by atoms with van der Waals surface area (Å²) in [4.78, 5) is 51.2. The Labute approximate surface area is 152 Å². The summed E-state index contributed by atoms with van der Waals surface area (Å²) in [5, 5.41) is 10.9. The molecule has 0 saturated heterocycles. The van der Waals surface area contributed by atoms with Gasteiger partial charge < -0.3 is 4.74 Å². The van der Waals surface area contributed by atoms with Gasteiger partial charge in [-0.2, -0.15) is 0 Å². The SMILES string of the molecule is O=C(CN1C(=O)COc2ccc([N+](=O)[O-])cc21)NNC(=O)c1cccnc1. The lowest BCUT2D eigenvalue weighted by molar-refractivity contribution is -0.384. The van der Waals surface area contributed by atoms with E-state index in [0.717, 1.165) is 11.0 Å². The van der Waals surface area contributed by atoms with Crippen molar-refractivity contribution in [1.29, 1.82) is 0 Å². The lowest BCUT2D eigenvalue weighted by Crippen LogP contribution is -2.49. The number of hydrogen-bond donors (Lipinski definition) is 2. The van der Waals surface area contributed by atoms with E-state index in [-0.39, 0.29) is 29.3 Å². The maximum atomic E-state index is 12.1. The Bertz CT molecular complexity index is 917. The predicted octanol–water partition coefficient (Wildman–Crippen LogP) is 0.176. The zero-order valence-corrected chi connectivity index (χ0v) is 13.7. The van der Waals surface area contributed by atoms with Crippen LogP contribution in [0.4, 0.5) is 11.4 Å². The maximum absolute atomic E-state index is 12.1. The van der Waals surface area contributed by atoms with Crippen molar-refractivity contribution in [3.8, 4) is 5.75 Å². The summed E-state index contributed by atoms with van der Waals surface area (Å²) in [7, 11) is 0. The number of fused-ring (bicyclic) bond motifs is 1. The number of amides is 3. The first-order valence-electron chi connectivity index (χ1n) is 7.66. The van der Waals surface area contributed by atoms with Gasteiger partial charge in [-0.05, 0) is 18.2 Å². The number of ether oxygens (including phenoxy) is 1. The molecule has 1 aromatic heterocycles. The molecule has 1 aromatic carbocycles. The van der Waals surface area contributed by atoms with Crippen LogP contribution >= 0.6 is 0 Å². The second kappa shape index (κ2) is 7.47. The molecule has 2 aromatic rings. The van der Waals surface area contributed by atoms with E-state index in [0.29, 0.717) is 0 Å². The van der Waals surface area contributed by atoms with Gasteiger partial charge in [0.15, 0.2) is 6.61 Å². The van der Waals surface area contributed by atoms with Gasteiger partial charge in [-0.15, -0.1) is 0 Å². The van der Waals surface area contributed by atoms with Gasteiger partial charge in [0.25, 0.3) is 23.4 Å². The predicted molar refractivity (Wildman–Crippen MR) is 90.8 cm³/mol. The van der Waals surface area contributed by atoms with Crippen LogP contribution in [0.15, 0.2) is 42.7 Å². The summed E-state index contributed by atoms with van der Waals surface area (Å²) in [5.41, 5.74) is 4.48. The molecule has 0 saturated carbocycles. The minimum absolute atomic E-state index is 0.106. The Morgan fingerprint density at radius 3 is 2.81 bits per heavy atom. The van der Waals surface area contributed by atoms with E-state index in [2.05, 4.69) is 15.8 Å². The van der Waals surface area contributed by atoms with E-state index in [9.17, 15) is 24.5 Å². The van der Waals surface area contributed by atoms with Gasteiger partial charge in [0.05, 0.1) is 16.2 Å². The second-order valence-corrected chi connectivity index (χ2v) is 5.42. The summed E-state index contributed by atoms with van der Waals surface area (Å²) in [5.74, 6) is -1.58. The number of nitro groups is 1. The first-order chi connectivity index (χ1) is 13.0. The number of carbonyl (C=O) groups is 3. The first kappa shape index (κ1) is 17.8. The summed E-state index contributed by atoms with van der Waals surface area (Å²) < 4.78 is 5.22. The van der Waals surface area contributed by atoms with Gasteiger partial charge in [0.2, 0.25) is 0 Å². The van der Waals surface area contributed by atoms with Crippen LogP contribution in [0.2, 0.25) is 0 Å². The first-order valence-corrected chi connectivity index (χ1v) is 7.66. The molecule has 3 amide bonds. The molecule has 0 atom stereocenters. The van der Waals surface area contributed by atoms with E-state index in [1.54, 1.807) is 6.07 Å². The fraction of sp³-hybridized carbons (Fsp3) is 0.125. The quantitative estimate of drug-likeness (QED) is 0.576. The number of carbonyl (C=O) groups excluding carboxylic acids is 3. The highest BCUT2D eigenvalue weighted by atomic mass is 16.6. The van der Waals surface area contributed by atoms with Gasteiger partial charge in [0.1, 0.15) is 12.3 Å². The van der Waals surface area contributed by atoms with Crippen LogP contribution < -0.4 is 20.5 Å². The number of pyridine rings is 1. The highest BCUT2D eigenvalue weighted by Gasteiger charge is 2.29. The third-order valence-corrected chi connectivity index (χ3v) is 3.64. The van der Waals surface area contributed by atoms with Crippen LogP contribution in [-0.4, -0.2) is 40.8 Å². The lowest BCUT2D eigenvalue weighted by atomic mass is 10.2. The molecule has 2 heterocycles. The average Bonchev–Trinajstić information content (AvgIpc) is 2.68. The highest BCUT2D eigenvalue weighted by Crippen LogP contribution is 2.34. The average molecular weight is 371 g/mol. The molecule has 11 nitrogen and oxygen atoms in total. The number of rotatable bonds is 4. The van der Waals surface area contributed by atoms with Crippen molar-refractivity contribution >= 4 is 29.1 Å². The summed E-state index contributed by atoms with van der Waals surface area (Å²) in [6, 6.07) is 6.81. The largest absolute Gasteiger partial charge is 0.482 e. The number of non-ortho nitro benzene ring substituents is 1. The fourth-order valence-corrected chi connectivity index (χ4v) is 2.36. The molecule has 0 unspecified atom stereocenters. The standard InChI is InChI=1S/C16H13N5O6/c22-14(18-19-16(24)10-2-1-5-17-7-10)8-20-12-6-11(21(25)26)3-4-13(12)27-9-15(20)23/h1-7H,8-9H2,(H,18,22)(H,19,24). The molecule has 0 fully saturated rings. The molecule has 0 radical (unpaired) electrons. The fourth-order valence-electron chi connectivity index (χ4n) is 2.36. The van der Waals surface area contributed by atoms with E-state index in [1.807, 2.05) is 0 Å². The Morgan fingerprint density at radius 1 is 1.30 bits per heavy atom. The third-order valence-electron chi connectivity index (χ3n) is 3.64. The lowest BCUT2D eigenvalue weighted by Gasteiger charge is -2.28. The van der Waals surface area contributed by atoms with Gasteiger partial charge >= 0.3 is 0 Å². The molecule has 2 N–H and O–H groups in total. The van der Waals surface area contributed by atoms with Crippen molar-refractivity contribution in [3.63, 3.8) is 0 Å². The Balaban J connectivity index is 1.69. The maximum Gasteiger partial charge on any atom is 0.271 e. The number of nitrogens with zero attached hydrogens (tertiary/aromatic N) is 3. The van der Waals surface area contributed by atoms with E-state index < -0.39 is 29.2 Å². The van der Waals surface area contributed by atoms with Crippen molar-refractivity contribution < 1.29 is 24.0 Å². The monoisotopic (exact) mass is 371 g/mol. The minimum atomic E-state index is -0.694. The van der Waals surface area contributed by atoms with Gasteiger partial charge in [-0.3, -0.25) is 45.2 Å². The topological polar surface area (TPSA) is 144 Å². The zero-order valence-electron chi connectivity index (χ0n) is 13.7. The molecule has 11 heteroatoms. The zero-order chi connectivity index (χ0) is 19.4. The van der Waals surface area contributed by atoms with Crippen molar-refractivity contribution in [2.45, 2.75) is 0 Å². The van der Waals surface area contributed by atoms with Crippen molar-refractivity contribution in [1.82, 2.24) is 15.8 Å². The van der Waals surface area contributed by atoms with E-state index in [4.69, 9.17) is 4.74 Å². The smallest absolute Gasteiger partial charge is 0.271 e. The van der Waals surface area contributed by atoms with Crippen LogP contribution in [0, 0.1) is 10.1 Å². The molecule has 0 spiro atoms. The number of hydrazine groups is 1. The normalized spacial score (nSPS) is 12.6. The number of aromatic nitrogens is 1.